The summed E-state index contributed by atoms with van der Waals surface area (Å²) in [5.41, 5.74) is 9.38. The van der Waals surface area contributed by atoms with Gasteiger partial charge in [-0.2, -0.15) is 11.3 Å². The van der Waals surface area contributed by atoms with Gasteiger partial charge in [-0.1, -0.05) is 15.9 Å². The van der Waals surface area contributed by atoms with Crippen molar-refractivity contribution in [1.82, 2.24) is 0 Å². The van der Waals surface area contributed by atoms with Crippen LogP contribution in [-0.4, -0.2) is 6.54 Å². The lowest BCUT2D eigenvalue weighted by molar-refractivity contribution is 0.793. The molecule has 4 heteroatoms. The van der Waals surface area contributed by atoms with E-state index in [1.807, 2.05) is 0 Å². The number of hydrogen-bond acceptors (Lipinski definition) is 3. The predicted octanol–water partition coefficient (Wildman–Crippen LogP) is 3.93. The fourth-order valence-corrected chi connectivity index (χ4v) is 3.09. The van der Waals surface area contributed by atoms with Crippen LogP contribution >= 0.6 is 27.3 Å². The number of thiophene rings is 1. The van der Waals surface area contributed by atoms with Gasteiger partial charge in [0.1, 0.15) is 0 Å². The highest BCUT2D eigenvalue weighted by molar-refractivity contribution is 9.10. The van der Waals surface area contributed by atoms with Gasteiger partial charge in [-0.05, 0) is 53.1 Å². The van der Waals surface area contributed by atoms with E-state index in [4.69, 9.17) is 5.73 Å². The molecule has 3 N–H and O–H groups in total. The second kappa shape index (κ2) is 5.67. The molecule has 1 aromatic carbocycles. The molecule has 2 rings (SSSR count). The summed E-state index contributed by atoms with van der Waals surface area (Å²) < 4.78 is 1.08. The largest absolute Gasteiger partial charge is 0.377 e. The van der Waals surface area contributed by atoms with Crippen molar-refractivity contribution in [2.24, 2.45) is 5.73 Å². The maximum Gasteiger partial charge on any atom is 0.0644 e. The van der Waals surface area contributed by atoms with E-state index >= 15 is 0 Å². The van der Waals surface area contributed by atoms with Gasteiger partial charge in [-0.15, -0.1) is 0 Å². The molecule has 0 saturated heterocycles. The maximum atomic E-state index is 5.82. The Kier molecular flexibility index (Phi) is 4.20. The highest BCUT2D eigenvalue weighted by Crippen LogP contribution is 2.24. The number of halogens is 1. The molecule has 0 spiro atoms. The van der Waals surface area contributed by atoms with E-state index < -0.39 is 0 Å². The molecule has 0 fully saturated rings. The number of rotatable bonds is 4. The van der Waals surface area contributed by atoms with Crippen molar-refractivity contribution < 1.29 is 0 Å². The van der Waals surface area contributed by atoms with Crippen molar-refractivity contribution in [2.75, 3.05) is 11.9 Å². The molecule has 0 aliphatic rings. The minimum Gasteiger partial charge on any atom is -0.377 e. The monoisotopic (exact) mass is 310 g/mol. The minimum absolute atomic E-state index is 0.176. The third-order valence-corrected chi connectivity index (χ3v) is 3.72. The molecule has 2 nitrogen and oxygen atoms in total. The summed E-state index contributed by atoms with van der Waals surface area (Å²) in [6.07, 6.45) is 0. The van der Waals surface area contributed by atoms with Crippen LogP contribution in [0.1, 0.15) is 17.2 Å². The first-order chi connectivity index (χ1) is 8.19. The van der Waals surface area contributed by atoms with Crippen LogP contribution in [0.4, 0.5) is 5.69 Å². The molecular formula is C13H15BrN2S. The Morgan fingerprint density at radius 1 is 1.41 bits per heavy atom. The molecule has 0 saturated carbocycles. The number of hydrogen-bond donors (Lipinski definition) is 2. The highest BCUT2D eigenvalue weighted by atomic mass is 79.9. The summed E-state index contributed by atoms with van der Waals surface area (Å²) >= 11 is 5.20. The normalized spacial score (nSPS) is 12.4. The van der Waals surface area contributed by atoms with Crippen LogP contribution in [0.25, 0.3) is 0 Å². The fraction of sp³-hybridized carbons (Fsp3) is 0.231. The second-order valence-electron chi connectivity index (χ2n) is 4.01. The molecule has 0 aliphatic heterocycles. The van der Waals surface area contributed by atoms with E-state index in [1.165, 1.54) is 11.1 Å². The zero-order valence-electron chi connectivity index (χ0n) is 9.61. The van der Waals surface area contributed by atoms with Gasteiger partial charge in [0.2, 0.25) is 0 Å². The van der Waals surface area contributed by atoms with Gasteiger partial charge in [0.15, 0.2) is 0 Å². The molecule has 1 unspecified atom stereocenters. The van der Waals surface area contributed by atoms with Crippen molar-refractivity contribution in [1.29, 1.82) is 0 Å². The van der Waals surface area contributed by atoms with Gasteiger partial charge in [0, 0.05) is 16.7 Å². The maximum absolute atomic E-state index is 5.82. The number of nitrogens with two attached hydrogens (primary N) is 1. The van der Waals surface area contributed by atoms with E-state index in [1.54, 1.807) is 11.3 Å². The molecule has 1 aromatic heterocycles. The average Bonchev–Trinajstić information content (AvgIpc) is 2.77. The van der Waals surface area contributed by atoms with Crippen molar-refractivity contribution in [3.63, 3.8) is 0 Å². The summed E-state index contributed by atoms with van der Waals surface area (Å²) in [5.74, 6) is 0. The van der Waals surface area contributed by atoms with Crippen LogP contribution < -0.4 is 11.1 Å². The van der Waals surface area contributed by atoms with E-state index in [0.717, 1.165) is 10.2 Å². The summed E-state index contributed by atoms with van der Waals surface area (Å²) in [7, 11) is 0. The lowest BCUT2D eigenvalue weighted by Gasteiger charge is -2.17. The molecule has 1 atom stereocenters. The van der Waals surface area contributed by atoms with Crippen LogP contribution in [0.5, 0.6) is 0 Å². The third-order valence-electron chi connectivity index (χ3n) is 2.56. The second-order valence-corrected chi connectivity index (χ2v) is 5.70. The number of anilines is 1. The summed E-state index contributed by atoms with van der Waals surface area (Å²) in [6.45, 7) is 2.67. The molecule has 0 aliphatic carbocycles. The molecule has 2 aromatic rings. The van der Waals surface area contributed by atoms with Crippen molar-refractivity contribution in [3.8, 4) is 0 Å². The summed E-state index contributed by atoms with van der Waals surface area (Å²) in [4.78, 5) is 0. The fourth-order valence-electron chi connectivity index (χ4n) is 1.77. The number of nitrogens with one attached hydrogen (secondary N) is 1. The van der Waals surface area contributed by atoms with Gasteiger partial charge in [-0.3, -0.25) is 0 Å². The van der Waals surface area contributed by atoms with Crippen LogP contribution in [0, 0.1) is 6.92 Å². The first kappa shape index (κ1) is 12.6. The van der Waals surface area contributed by atoms with Crippen molar-refractivity contribution in [3.05, 3.63) is 50.6 Å². The van der Waals surface area contributed by atoms with Gasteiger partial charge in [0.05, 0.1) is 6.04 Å². The van der Waals surface area contributed by atoms with Crippen LogP contribution in [0.3, 0.4) is 0 Å². The van der Waals surface area contributed by atoms with E-state index in [-0.39, 0.29) is 6.04 Å². The van der Waals surface area contributed by atoms with Crippen LogP contribution in [-0.2, 0) is 0 Å². The third kappa shape index (κ3) is 3.31. The number of aryl methyl sites for hydroxylation is 1. The molecule has 90 valence electrons. The topological polar surface area (TPSA) is 38.0 Å². The average molecular weight is 311 g/mol. The first-order valence-corrected chi connectivity index (χ1v) is 7.18. The van der Waals surface area contributed by atoms with Gasteiger partial charge in [-0.25, -0.2) is 0 Å². The Labute approximate surface area is 114 Å². The first-order valence-electron chi connectivity index (χ1n) is 5.45. The Balaban J connectivity index is 2.18. The van der Waals surface area contributed by atoms with Gasteiger partial charge >= 0.3 is 0 Å². The Hall–Kier alpha value is -0.840. The van der Waals surface area contributed by atoms with E-state index in [9.17, 15) is 0 Å². The zero-order chi connectivity index (χ0) is 12.3. The SMILES string of the molecule is Cc1cc(Br)cc(NC(CN)c2ccsc2)c1. The lowest BCUT2D eigenvalue weighted by Crippen LogP contribution is -2.20. The quantitative estimate of drug-likeness (QED) is 0.898. The van der Waals surface area contributed by atoms with Crippen LogP contribution in [0.15, 0.2) is 39.5 Å². The molecule has 1 heterocycles. The highest BCUT2D eigenvalue weighted by Gasteiger charge is 2.10. The minimum atomic E-state index is 0.176. The van der Waals surface area contributed by atoms with Gasteiger partial charge in [0.25, 0.3) is 0 Å². The molecule has 0 amide bonds. The summed E-state index contributed by atoms with van der Waals surface area (Å²) in [6, 6.07) is 8.57. The number of benzene rings is 1. The Morgan fingerprint density at radius 2 is 2.24 bits per heavy atom. The standard InChI is InChI=1S/C13H15BrN2S/c1-9-4-11(14)6-12(5-9)16-13(7-15)10-2-3-17-8-10/h2-6,8,13,16H,7,15H2,1H3. The predicted molar refractivity (Wildman–Crippen MR) is 78.6 cm³/mol. The zero-order valence-corrected chi connectivity index (χ0v) is 12.0. The van der Waals surface area contributed by atoms with Crippen molar-refractivity contribution >= 4 is 33.0 Å². The molecule has 0 radical (unpaired) electrons. The lowest BCUT2D eigenvalue weighted by atomic mass is 10.1. The van der Waals surface area contributed by atoms with E-state index in [2.05, 4.69) is 63.2 Å². The van der Waals surface area contributed by atoms with E-state index in [0.29, 0.717) is 6.54 Å². The van der Waals surface area contributed by atoms with Crippen molar-refractivity contribution in [2.45, 2.75) is 13.0 Å². The smallest absolute Gasteiger partial charge is 0.0644 e. The molecular weight excluding hydrogens is 296 g/mol. The molecule has 17 heavy (non-hydrogen) atoms. The Bertz CT molecular complexity index is 462. The Morgan fingerprint density at radius 3 is 2.82 bits per heavy atom. The van der Waals surface area contributed by atoms with Gasteiger partial charge < -0.3 is 11.1 Å². The summed E-state index contributed by atoms with van der Waals surface area (Å²) in [5, 5.41) is 7.67. The molecule has 0 bridgehead atoms. The van der Waals surface area contributed by atoms with Crippen LogP contribution in [0.2, 0.25) is 0 Å².